The summed E-state index contributed by atoms with van der Waals surface area (Å²) in [6.45, 7) is 7.33. The molecule has 0 atom stereocenters. The van der Waals surface area contributed by atoms with Gasteiger partial charge in [-0.25, -0.2) is 0 Å². The lowest BCUT2D eigenvalue weighted by molar-refractivity contribution is 0.104. The molecule has 0 fully saturated rings. The van der Waals surface area contributed by atoms with Gasteiger partial charge in [-0.3, -0.25) is 4.79 Å². The maximum Gasteiger partial charge on any atom is 0.185 e. The second kappa shape index (κ2) is 3.88. The van der Waals surface area contributed by atoms with E-state index in [4.69, 9.17) is 0 Å². The third kappa shape index (κ3) is 2.07. The molecule has 0 saturated heterocycles. The topological polar surface area (TPSA) is 17.1 Å². The fourth-order valence-electron chi connectivity index (χ4n) is 1.40. The van der Waals surface area contributed by atoms with Gasteiger partial charge in [0.25, 0.3) is 0 Å². The van der Waals surface area contributed by atoms with Crippen molar-refractivity contribution >= 4 is 21.7 Å². The summed E-state index contributed by atoms with van der Waals surface area (Å²) in [5, 5.41) is 0. The van der Waals surface area contributed by atoms with Crippen LogP contribution in [0, 0.1) is 13.8 Å². The Morgan fingerprint density at radius 1 is 1.38 bits per heavy atom. The Balaban J connectivity index is 3.36. The van der Waals surface area contributed by atoms with E-state index in [1.54, 1.807) is 0 Å². The molecule has 0 amide bonds. The molecule has 2 heteroatoms. The van der Waals surface area contributed by atoms with Gasteiger partial charge in [-0.15, -0.1) is 0 Å². The molecular weight excluding hydrogens is 228 g/mol. The first kappa shape index (κ1) is 10.2. The molecule has 68 valence electrons. The molecule has 0 aliphatic carbocycles. The molecule has 0 unspecified atom stereocenters. The highest BCUT2D eigenvalue weighted by atomic mass is 79.9. The van der Waals surface area contributed by atoms with Gasteiger partial charge >= 0.3 is 0 Å². The lowest BCUT2D eigenvalue weighted by Gasteiger charge is -2.06. The van der Waals surface area contributed by atoms with E-state index in [0.29, 0.717) is 0 Å². The Morgan fingerprint density at radius 3 is 2.23 bits per heavy atom. The smallest absolute Gasteiger partial charge is 0.185 e. The van der Waals surface area contributed by atoms with Gasteiger partial charge in [0, 0.05) is 10.0 Å². The number of carbonyl (C=O) groups is 1. The van der Waals surface area contributed by atoms with Crippen LogP contribution >= 0.6 is 15.9 Å². The molecular formula is C11H11BrO. The Kier molecular flexibility index (Phi) is 3.04. The van der Waals surface area contributed by atoms with E-state index < -0.39 is 0 Å². The average Bonchev–Trinajstić information content (AvgIpc) is 2.02. The zero-order valence-corrected chi connectivity index (χ0v) is 9.31. The number of allylic oxidation sites excluding steroid dienone is 1. The summed E-state index contributed by atoms with van der Waals surface area (Å²) in [4.78, 5) is 11.4. The van der Waals surface area contributed by atoms with E-state index >= 15 is 0 Å². The Bertz CT molecular complexity index is 343. The molecule has 1 nitrogen and oxygen atoms in total. The van der Waals surface area contributed by atoms with E-state index in [-0.39, 0.29) is 5.78 Å². The zero-order chi connectivity index (χ0) is 10.0. The number of halogens is 1. The number of rotatable bonds is 2. The Morgan fingerprint density at radius 2 is 1.85 bits per heavy atom. The normalized spacial score (nSPS) is 9.77. The van der Waals surface area contributed by atoms with Crippen molar-refractivity contribution in [1.82, 2.24) is 0 Å². The van der Waals surface area contributed by atoms with Gasteiger partial charge in [-0.05, 0) is 43.2 Å². The van der Waals surface area contributed by atoms with Crippen LogP contribution in [0.4, 0.5) is 0 Å². The predicted octanol–water partition coefficient (Wildman–Crippen LogP) is 3.43. The maximum absolute atomic E-state index is 11.4. The van der Waals surface area contributed by atoms with Crippen LogP contribution in [0.15, 0.2) is 29.3 Å². The standard InChI is InChI=1S/C11H11BrO/c1-4-10(13)11-7(2)5-9(12)6-8(11)3/h4-6H,1H2,2-3H3. The molecule has 1 aromatic carbocycles. The summed E-state index contributed by atoms with van der Waals surface area (Å²) in [5.74, 6) is -0.0116. The van der Waals surface area contributed by atoms with E-state index in [2.05, 4.69) is 22.5 Å². The minimum atomic E-state index is -0.0116. The highest BCUT2D eigenvalue weighted by molar-refractivity contribution is 9.10. The van der Waals surface area contributed by atoms with Crippen molar-refractivity contribution < 1.29 is 4.79 Å². The summed E-state index contributed by atoms with van der Waals surface area (Å²) >= 11 is 3.38. The average molecular weight is 239 g/mol. The maximum atomic E-state index is 11.4. The molecule has 0 aliphatic rings. The third-order valence-corrected chi connectivity index (χ3v) is 2.39. The molecule has 1 rings (SSSR count). The van der Waals surface area contributed by atoms with Crippen LogP contribution in [-0.2, 0) is 0 Å². The molecule has 1 aromatic rings. The summed E-state index contributed by atoms with van der Waals surface area (Å²) in [5.41, 5.74) is 2.73. The summed E-state index contributed by atoms with van der Waals surface area (Å²) in [6.07, 6.45) is 1.35. The molecule has 0 spiro atoms. The quantitative estimate of drug-likeness (QED) is 0.570. The summed E-state index contributed by atoms with van der Waals surface area (Å²) in [7, 11) is 0. The number of hydrogen-bond donors (Lipinski definition) is 0. The van der Waals surface area contributed by atoms with Crippen molar-refractivity contribution in [2.75, 3.05) is 0 Å². The fraction of sp³-hybridized carbons (Fsp3) is 0.182. The van der Waals surface area contributed by atoms with Gasteiger partial charge in [0.2, 0.25) is 0 Å². The van der Waals surface area contributed by atoms with Crippen LogP contribution < -0.4 is 0 Å². The molecule has 0 saturated carbocycles. The monoisotopic (exact) mass is 238 g/mol. The molecule has 0 N–H and O–H groups in total. The second-order valence-corrected chi connectivity index (χ2v) is 3.90. The van der Waals surface area contributed by atoms with Crippen molar-refractivity contribution in [2.45, 2.75) is 13.8 Å². The Hall–Kier alpha value is -0.890. The van der Waals surface area contributed by atoms with Gasteiger partial charge in [-0.1, -0.05) is 22.5 Å². The minimum absolute atomic E-state index is 0.0116. The van der Waals surface area contributed by atoms with Crippen LogP contribution in [0.2, 0.25) is 0 Å². The van der Waals surface area contributed by atoms with Crippen LogP contribution in [0.25, 0.3) is 0 Å². The molecule has 0 bridgehead atoms. The van der Waals surface area contributed by atoms with Gasteiger partial charge in [0.1, 0.15) is 0 Å². The molecule has 0 aliphatic heterocycles. The second-order valence-electron chi connectivity index (χ2n) is 2.98. The summed E-state index contributed by atoms with van der Waals surface area (Å²) in [6, 6.07) is 3.87. The minimum Gasteiger partial charge on any atom is -0.289 e. The van der Waals surface area contributed by atoms with Crippen LogP contribution in [0.3, 0.4) is 0 Å². The highest BCUT2D eigenvalue weighted by Gasteiger charge is 2.09. The SMILES string of the molecule is C=CC(=O)c1c(C)cc(Br)cc1C. The van der Waals surface area contributed by atoms with Crippen LogP contribution in [0.1, 0.15) is 21.5 Å². The number of aryl methyl sites for hydroxylation is 2. The zero-order valence-electron chi connectivity index (χ0n) is 7.73. The van der Waals surface area contributed by atoms with Crippen molar-refractivity contribution in [3.63, 3.8) is 0 Å². The molecule has 0 heterocycles. The van der Waals surface area contributed by atoms with Gasteiger partial charge in [0.05, 0.1) is 0 Å². The van der Waals surface area contributed by atoms with Gasteiger partial charge < -0.3 is 0 Å². The van der Waals surface area contributed by atoms with Crippen molar-refractivity contribution in [3.8, 4) is 0 Å². The van der Waals surface area contributed by atoms with E-state index in [1.165, 1.54) is 6.08 Å². The van der Waals surface area contributed by atoms with E-state index in [9.17, 15) is 4.79 Å². The van der Waals surface area contributed by atoms with Crippen LogP contribution in [0.5, 0.6) is 0 Å². The molecule has 0 radical (unpaired) electrons. The number of hydrogen-bond acceptors (Lipinski definition) is 1. The predicted molar refractivity (Wildman–Crippen MR) is 58.1 cm³/mol. The third-order valence-electron chi connectivity index (χ3n) is 1.93. The highest BCUT2D eigenvalue weighted by Crippen LogP contribution is 2.21. The Labute approximate surface area is 86.6 Å². The van der Waals surface area contributed by atoms with Gasteiger partial charge in [-0.2, -0.15) is 0 Å². The first-order valence-electron chi connectivity index (χ1n) is 3.99. The van der Waals surface area contributed by atoms with Crippen molar-refractivity contribution in [1.29, 1.82) is 0 Å². The number of carbonyl (C=O) groups excluding carboxylic acids is 1. The number of benzene rings is 1. The molecule has 0 aromatic heterocycles. The van der Waals surface area contributed by atoms with E-state index in [0.717, 1.165) is 21.2 Å². The van der Waals surface area contributed by atoms with Crippen molar-refractivity contribution in [3.05, 3.63) is 46.0 Å². The van der Waals surface area contributed by atoms with E-state index in [1.807, 2.05) is 26.0 Å². The number of ketones is 1. The van der Waals surface area contributed by atoms with Gasteiger partial charge in [0.15, 0.2) is 5.78 Å². The first-order valence-corrected chi connectivity index (χ1v) is 4.79. The lowest BCUT2D eigenvalue weighted by Crippen LogP contribution is -2.00. The summed E-state index contributed by atoms with van der Waals surface area (Å²) < 4.78 is 1.00. The lowest BCUT2D eigenvalue weighted by atomic mass is 9.99. The first-order chi connectivity index (χ1) is 6.06. The van der Waals surface area contributed by atoms with Crippen LogP contribution in [-0.4, -0.2) is 5.78 Å². The fourth-order valence-corrected chi connectivity index (χ4v) is 2.09. The largest absolute Gasteiger partial charge is 0.289 e. The van der Waals surface area contributed by atoms with Crippen molar-refractivity contribution in [2.24, 2.45) is 0 Å². The molecule has 13 heavy (non-hydrogen) atoms.